The molecule has 0 unspecified atom stereocenters. The van der Waals surface area contributed by atoms with Crippen molar-refractivity contribution in [3.8, 4) is 5.75 Å². The van der Waals surface area contributed by atoms with Gasteiger partial charge in [0.25, 0.3) is 0 Å². The van der Waals surface area contributed by atoms with E-state index in [9.17, 15) is 9.90 Å². The zero-order valence-corrected chi connectivity index (χ0v) is 14.1. The second kappa shape index (κ2) is 8.50. The molecule has 0 saturated heterocycles. The molecule has 0 spiro atoms. The van der Waals surface area contributed by atoms with Crippen LogP contribution in [0.1, 0.15) is 37.3 Å². The average molecular weight is 327 g/mol. The van der Waals surface area contributed by atoms with E-state index in [1.807, 2.05) is 61.5 Å². The number of hydrogen-bond donors (Lipinski definition) is 2. The van der Waals surface area contributed by atoms with Crippen LogP contribution in [0.2, 0.25) is 0 Å². The van der Waals surface area contributed by atoms with E-state index in [0.29, 0.717) is 19.4 Å². The van der Waals surface area contributed by atoms with Gasteiger partial charge in [-0.25, -0.2) is 0 Å². The Kier molecular flexibility index (Phi) is 6.38. The van der Waals surface area contributed by atoms with Crippen molar-refractivity contribution >= 4 is 5.97 Å². The summed E-state index contributed by atoms with van der Waals surface area (Å²) in [5.41, 5.74) is 6.91. The normalized spacial score (nSPS) is 13.2. The molecule has 0 aliphatic rings. The Balaban J connectivity index is 1.96. The van der Waals surface area contributed by atoms with Crippen molar-refractivity contribution in [2.24, 2.45) is 5.73 Å². The molecule has 0 aliphatic heterocycles. The number of ether oxygens (including phenoxy) is 1. The number of hydrogen-bond acceptors (Lipinski definition) is 3. The molecule has 2 aromatic carbocycles. The third-order valence-electron chi connectivity index (χ3n) is 4.09. The van der Waals surface area contributed by atoms with Gasteiger partial charge in [-0.1, -0.05) is 62.2 Å². The SMILES string of the molecule is CCCC[C@@](N)(Cc1ccc(OCc2ccccc2)cc1)C(=O)O. The van der Waals surface area contributed by atoms with E-state index >= 15 is 0 Å². The quantitative estimate of drug-likeness (QED) is 0.735. The van der Waals surface area contributed by atoms with Crippen molar-refractivity contribution in [1.82, 2.24) is 0 Å². The highest BCUT2D eigenvalue weighted by molar-refractivity contribution is 5.78. The van der Waals surface area contributed by atoms with Gasteiger partial charge in [0.15, 0.2) is 0 Å². The Bertz CT molecular complexity index is 640. The summed E-state index contributed by atoms with van der Waals surface area (Å²) in [6.45, 7) is 2.54. The third kappa shape index (κ3) is 5.10. The summed E-state index contributed by atoms with van der Waals surface area (Å²) in [7, 11) is 0. The molecule has 0 fully saturated rings. The first-order valence-corrected chi connectivity index (χ1v) is 8.31. The number of benzene rings is 2. The first-order valence-electron chi connectivity index (χ1n) is 8.31. The smallest absolute Gasteiger partial charge is 0.324 e. The molecular formula is C20H25NO3. The van der Waals surface area contributed by atoms with Gasteiger partial charge in [-0.3, -0.25) is 4.79 Å². The summed E-state index contributed by atoms with van der Waals surface area (Å²) in [4.78, 5) is 11.5. The molecule has 2 aromatic rings. The van der Waals surface area contributed by atoms with Gasteiger partial charge in [-0.2, -0.15) is 0 Å². The molecule has 0 aromatic heterocycles. The van der Waals surface area contributed by atoms with E-state index in [1.165, 1.54) is 0 Å². The van der Waals surface area contributed by atoms with Crippen LogP contribution in [0.15, 0.2) is 54.6 Å². The maximum atomic E-state index is 11.5. The summed E-state index contributed by atoms with van der Waals surface area (Å²) < 4.78 is 5.74. The van der Waals surface area contributed by atoms with Gasteiger partial charge in [-0.05, 0) is 29.7 Å². The van der Waals surface area contributed by atoms with Gasteiger partial charge in [0.2, 0.25) is 0 Å². The van der Waals surface area contributed by atoms with Crippen LogP contribution in [-0.2, 0) is 17.8 Å². The fraction of sp³-hybridized carbons (Fsp3) is 0.350. The lowest BCUT2D eigenvalue weighted by atomic mass is 9.87. The van der Waals surface area contributed by atoms with Crippen LogP contribution < -0.4 is 10.5 Å². The summed E-state index contributed by atoms with van der Waals surface area (Å²) >= 11 is 0. The van der Waals surface area contributed by atoms with Gasteiger partial charge in [0.05, 0.1) is 0 Å². The monoisotopic (exact) mass is 327 g/mol. The van der Waals surface area contributed by atoms with E-state index in [-0.39, 0.29) is 0 Å². The number of unbranched alkanes of at least 4 members (excludes halogenated alkanes) is 1. The van der Waals surface area contributed by atoms with E-state index in [2.05, 4.69) is 0 Å². The summed E-state index contributed by atoms with van der Waals surface area (Å²) in [6, 6.07) is 17.4. The molecule has 0 bridgehead atoms. The number of rotatable bonds is 9. The van der Waals surface area contributed by atoms with E-state index in [1.54, 1.807) is 0 Å². The Hall–Kier alpha value is -2.33. The summed E-state index contributed by atoms with van der Waals surface area (Å²) in [5.74, 6) is -0.186. The van der Waals surface area contributed by atoms with Crippen molar-refractivity contribution in [3.05, 3.63) is 65.7 Å². The zero-order valence-electron chi connectivity index (χ0n) is 14.1. The Labute approximate surface area is 143 Å². The van der Waals surface area contributed by atoms with Crippen LogP contribution in [0.3, 0.4) is 0 Å². The molecular weight excluding hydrogens is 302 g/mol. The Morgan fingerprint density at radius 2 is 1.75 bits per heavy atom. The number of aliphatic carboxylic acids is 1. The molecule has 2 rings (SSSR count). The average Bonchev–Trinajstić information content (AvgIpc) is 2.60. The van der Waals surface area contributed by atoms with Gasteiger partial charge < -0.3 is 15.6 Å². The maximum absolute atomic E-state index is 11.5. The van der Waals surface area contributed by atoms with Crippen molar-refractivity contribution < 1.29 is 14.6 Å². The molecule has 0 radical (unpaired) electrons. The minimum atomic E-state index is -1.21. The van der Waals surface area contributed by atoms with Crippen LogP contribution in [0.25, 0.3) is 0 Å². The lowest BCUT2D eigenvalue weighted by Crippen LogP contribution is -2.49. The molecule has 0 amide bonds. The maximum Gasteiger partial charge on any atom is 0.324 e. The molecule has 3 N–H and O–H groups in total. The second-order valence-corrected chi connectivity index (χ2v) is 6.16. The number of nitrogens with two attached hydrogens (primary N) is 1. The van der Waals surface area contributed by atoms with Crippen LogP contribution in [0.4, 0.5) is 0 Å². The summed E-state index contributed by atoms with van der Waals surface area (Å²) in [6.07, 6.45) is 2.53. The molecule has 24 heavy (non-hydrogen) atoms. The number of carboxylic acid groups (broad SMARTS) is 1. The number of carboxylic acids is 1. The third-order valence-corrected chi connectivity index (χ3v) is 4.09. The van der Waals surface area contributed by atoms with Gasteiger partial charge in [0.1, 0.15) is 17.9 Å². The fourth-order valence-corrected chi connectivity index (χ4v) is 2.57. The van der Waals surface area contributed by atoms with Gasteiger partial charge in [0, 0.05) is 6.42 Å². The largest absolute Gasteiger partial charge is 0.489 e. The van der Waals surface area contributed by atoms with Crippen molar-refractivity contribution in [3.63, 3.8) is 0 Å². The predicted molar refractivity (Wildman–Crippen MR) is 95.0 cm³/mol. The molecule has 0 saturated carbocycles. The van der Waals surface area contributed by atoms with Gasteiger partial charge in [-0.15, -0.1) is 0 Å². The first kappa shape index (κ1) is 18.0. The van der Waals surface area contributed by atoms with Crippen LogP contribution >= 0.6 is 0 Å². The molecule has 0 heterocycles. The van der Waals surface area contributed by atoms with Crippen molar-refractivity contribution in [2.45, 2.75) is 44.8 Å². The first-order chi connectivity index (χ1) is 11.5. The fourth-order valence-electron chi connectivity index (χ4n) is 2.57. The second-order valence-electron chi connectivity index (χ2n) is 6.16. The molecule has 4 nitrogen and oxygen atoms in total. The van der Waals surface area contributed by atoms with Crippen LogP contribution in [-0.4, -0.2) is 16.6 Å². The van der Waals surface area contributed by atoms with Crippen molar-refractivity contribution in [2.75, 3.05) is 0 Å². The van der Waals surface area contributed by atoms with Crippen LogP contribution in [0, 0.1) is 0 Å². The lowest BCUT2D eigenvalue weighted by Gasteiger charge is -2.24. The number of carbonyl (C=O) groups is 1. The molecule has 128 valence electrons. The molecule has 4 heteroatoms. The highest BCUT2D eigenvalue weighted by Crippen LogP contribution is 2.21. The standard InChI is InChI=1S/C20H25NO3/c1-2-3-13-20(21,19(22)23)14-16-9-11-18(12-10-16)24-15-17-7-5-4-6-8-17/h4-12H,2-3,13-15,21H2,1H3,(H,22,23)/t20-/m1/s1. The van der Waals surface area contributed by atoms with Gasteiger partial charge >= 0.3 is 5.97 Å². The van der Waals surface area contributed by atoms with Crippen molar-refractivity contribution in [1.29, 1.82) is 0 Å². The minimum absolute atomic E-state index is 0.321. The predicted octanol–water partition coefficient (Wildman–Crippen LogP) is 3.78. The highest BCUT2D eigenvalue weighted by Gasteiger charge is 2.33. The minimum Gasteiger partial charge on any atom is -0.489 e. The Morgan fingerprint density at radius 3 is 2.33 bits per heavy atom. The van der Waals surface area contributed by atoms with E-state index in [0.717, 1.165) is 29.7 Å². The zero-order chi connectivity index (χ0) is 17.4. The lowest BCUT2D eigenvalue weighted by molar-refractivity contribution is -0.143. The molecule has 1 atom stereocenters. The highest BCUT2D eigenvalue weighted by atomic mass is 16.5. The summed E-state index contributed by atoms with van der Waals surface area (Å²) in [5, 5.41) is 9.44. The van der Waals surface area contributed by atoms with Crippen LogP contribution in [0.5, 0.6) is 5.75 Å². The van der Waals surface area contributed by atoms with E-state index in [4.69, 9.17) is 10.5 Å². The molecule has 0 aliphatic carbocycles. The van der Waals surface area contributed by atoms with E-state index < -0.39 is 11.5 Å². The Morgan fingerprint density at radius 1 is 1.08 bits per heavy atom. The topological polar surface area (TPSA) is 72.5 Å².